The number of pyridine rings is 1. The van der Waals surface area contributed by atoms with Crippen molar-refractivity contribution in [2.24, 2.45) is 0 Å². The van der Waals surface area contributed by atoms with Crippen LogP contribution in [0.3, 0.4) is 0 Å². The highest BCUT2D eigenvalue weighted by molar-refractivity contribution is 9.10. The smallest absolute Gasteiger partial charge is 0.265 e. The highest BCUT2D eigenvalue weighted by atomic mass is 79.9. The number of benzene rings is 1. The molecular formula is C16H16BrN3O6S. The number of nitrogens with one attached hydrogen (secondary N) is 2. The fourth-order valence-electron chi connectivity index (χ4n) is 2.44. The molecule has 0 fully saturated rings. The van der Waals surface area contributed by atoms with Gasteiger partial charge in [-0.15, -0.1) is 0 Å². The molecule has 9 nitrogen and oxygen atoms in total. The second-order valence-corrected chi connectivity index (χ2v) is 8.21. The summed E-state index contributed by atoms with van der Waals surface area (Å²) >= 11 is 3.23. The summed E-state index contributed by atoms with van der Waals surface area (Å²) in [6, 6.07) is 5.32. The zero-order valence-electron chi connectivity index (χ0n) is 14.1. The third-order valence-corrected chi connectivity index (χ3v) is 5.64. The summed E-state index contributed by atoms with van der Waals surface area (Å²) in [7, 11) is -2.64. The molecule has 27 heavy (non-hydrogen) atoms. The Labute approximate surface area is 163 Å². The van der Waals surface area contributed by atoms with Gasteiger partial charge in [-0.25, -0.2) is 13.4 Å². The first-order valence-corrected chi connectivity index (χ1v) is 10.0. The third-order valence-electron chi connectivity index (χ3n) is 3.74. The predicted octanol–water partition coefficient (Wildman–Crippen LogP) is 1.14. The van der Waals surface area contributed by atoms with Gasteiger partial charge in [0.15, 0.2) is 0 Å². The van der Waals surface area contributed by atoms with Crippen LogP contribution in [0.1, 0.15) is 10.4 Å². The first kappa shape index (κ1) is 19.4. The fourth-order valence-corrected chi connectivity index (χ4v) is 4.18. The number of hydrogen-bond donors (Lipinski definition) is 3. The molecule has 1 atom stereocenters. The summed E-state index contributed by atoms with van der Waals surface area (Å²) in [4.78, 5) is 16.2. The van der Waals surface area contributed by atoms with Crippen LogP contribution in [0, 0.1) is 0 Å². The molecule has 3 N–H and O–H groups in total. The molecule has 0 bridgehead atoms. The maximum atomic E-state index is 12.7. The number of methoxy groups -OCH3 is 1. The number of aliphatic hydroxyl groups excluding tert-OH is 1. The molecule has 144 valence electrons. The summed E-state index contributed by atoms with van der Waals surface area (Å²) in [5.74, 6) is -0.290. The summed E-state index contributed by atoms with van der Waals surface area (Å²) < 4.78 is 38.9. The lowest BCUT2D eigenvalue weighted by Crippen LogP contribution is -2.39. The van der Waals surface area contributed by atoms with E-state index in [0.29, 0.717) is 4.47 Å². The van der Waals surface area contributed by atoms with Crippen molar-refractivity contribution in [1.82, 2.24) is 10.3 Å². The second-order valence-electron chi connectivity index (χ2n) is 5.64. The van der Waals surface area contributed by atoms with Crippen LogP contribution in [-0.4, -0.2) is 50.8 Å². The lowest BCUT2D eigenvalue weighted by Gasteiger charge is -2.13. The number of fused-ring (bicyclic) bond motifs is 1. The normalized spacial score (nSPS) is 16.6. The Balaban J connectivity index is 1.93. The van der Waals surface area contributed by atoms with Crippen LogP contribution in [0.4, 0.5) is 5.69 Å². The Morgan fingerprint density at radius 1 is 1.44 bits per heavy atom. The maximum absolute atomic E-state index is 12.7. The zero-order chi connectivity index (χ0) is 19.6. The predicted molar refractivity (Wildman–Crippen MR) is 99.6 cm³/mol. The minimum absolute atomic E-state index is 0.0581. The van der Waals surface area contributed by atoms with E-state index >= 15 is 0 Å². The van der Waals surface area contributed by atoms with Crippen LogP contribution in [0.25, 0.3) is 0 Å². The van der Waals surface area contributed by atoms with Crippen LogP contribution < -0.4 is 19.5 Å². The van der Waals surface area contributed by atoms with Crippen molar-refractivity contribution in [3.05, 3.63) is 40.5 Å². The van der Waals surface area contributed by atoms with Gasteiger partial charge in [-0.05, 0) is 24.3 Å². The number of rotatable bonds is 5. The van der Waals surface area contributed by atoms with Gasteiger partial charge in [0.25, 0.3) is 15.9 Å². The Kier molecular flexibility index (Phi) is 5.53. The number of ether oxygens (including phenoxy) is 2. The van der Waals surface area contributed by atoms with Crippen molar-refractivity contribution in [3.63, 3.8) is 0 Å². The number of sulfonamides is 1. The number of aromatic nitrogens is 1. The molecule has 0 spiro atoms. The number of amides is 1. The van der Waals surface area contributed by atoms with E-state index < -0.39 is 22.0 Å². The number of anilines is 1. The van der Waals surface area contributed by atoms with Crippen molar-refractivity contribution < 1.29 is 27.8 Å². The first-order chi connectivity index (χ1) is 12.8. The minimum atomic E-state index is -4.00. The number of hydrogen-bond acceptors (Lipinski definition) is 7. The van der Waals surface area contributed by atoms with Crippen LogP contribution >= 0.6 is 15.9 Å². The van der Waals surface area contributed by atoms with Gasteiger partial charge in [-0.1, -0.05) is 15.9 Å². The molecule has 0 radical (unpaired) electrons. The van der Waals surface area contributed by atoms with E-state index in [2.05, 4.69) is 31.0 Å². The molecule has 1 aliphatic rings. The number of aliphatic hydroxyl groups is 1. The van der Waals surface area contributed by atoms with E-state index in [1.807, 2.05) is 0 Å². The number of carbonyl (C=O) groups excluding carboxylic acids is 1. The van der Waals surface area contributed by atoms with Crippen LogP contribution in [-0.2, 0) is 10.0 Å². The summed E-state index contributed by atoms with van der Waals surface area (Å²) in [6.45, 7) is -0.232. The van der Waals surface area contributed by atoms with E-state index in [4.69, 9.17) is 9.47 Å². The molecule has 1 aromatic carbocycles. The van der Waals surface area contributed by atoms with E-state index in [0.717, 1.165) is 0 Å². The molecule has 0 saturated carbocycles. The van der Waals surface area contributed by atoms with Crippen LogP contribution in [0.5, 0.6) is 11.6 Å². The standard InChI is InChI=1S/C16H16BrN3O6S/c1-25-13-3-2-9(17)4-14(13)27(23,24)20-10-5-12-15(22)19-11(7-21)8-26-16(12)18-6-10/h2-6,11,20-21H,7-8H2,1H3,(H,19,22)/t11-/m0/s1. The fraction of sp³-hybridized carbons (Fsp3) is 0.250. The Morgan fingerprint density at radius 2 is 2.22 bits per heavy atom. The molecule has 1 aromatic heterocycles. The monoisotopic (exact) mass is 457 g/mol. The van der Waals surface area contributed by atoms with Gasteiger partial charge in [0.2, 0.25) is 5.88 Å². The van der Waals surface area contributed by atoms with Gasteiger partial charge < -0.3 is 19.9 Å². The van der Waals surface area contributed by atoms with Crippen LogP contribution in [0.15, 0.2) is 39.8 Å². The van der Waals surface area contributed by atoms with Gasteiger partial charge in [0.05, 0.1) is 31.6 Å². The lowest BCUT2D eigenvalue weighted by atomic mass is 10.2. The molecule has 2 aromatic rings. The molecule has 2 heterocycles. The van der Waals surface area contributed by atoms with Crippen molar-refractivity contribution in [1.29, 1.82) is 0 Å². The molecule has 0 unspecified atom stereocenters. The van der Waals surface area contributed by atoms with Crippen molar-refractivity contribution in [2.45, 2.75) is 10.9 Å². The summed E-state index contributed by atoms with van der Waals surface area (Å²) in [5, 5.41) is 11.8. The van der Waals surface area contributed by atoms with Gasteiger partial charge in [0, 0.05) is 4.47 Å². The summed E-state index contributed by atoms with van der Waals surface area (Å²) in [5.41, 5.74) is 0.143. The number of carbonyl (C=O) groups is 1. The van der Waals surface area contributed by atoms with E-state index in [-0.39, 0.29) is 41.0 Å². The van der Waals surface area contributed by atoms with Crippen LogP contribution in [0.2, 0.25) is 0 Å². The maximum Gasteiger partial charge on any atom is 0.265 e. The molecular weight excluding hydrogens is 442 g/mol. The molecule has 0 aliphatic carbocycles. The molecule has 1 amide bonds. The first-order valence-electron chi connectivity index (χ1n) is 7.75. The Morgan fingerprint density at radius 3 is 2.93 bits per heavy atom. The minimum Gasteiger partial charge on any atom is -0.495 e. The third kappa shape index (κ3) is 4.15. The summed E-state index contributed by atoms with van der Waals surface area (Å²) in [6.07, 6.45) is 1.24. The highest BCUT2D eigenvalue weighted by Crippen LogP contribution is 2.30. The quantitative estimate of drug-likeness (QED) is 0.613. The Hall–Kier alpha value is -2.37. The van der Waals surface area contributed by atoms with Gasteiger partial charge in [-0.2, -0.15) is 0 Å². The number of halogens is 1. The van der Waals surface area contributed by atoms with Crippen molar-refractivity contribution >= 4 is 37.5 Å². The van der Waals surface area contributed by atoms with Gasteiger partial charge >= 0.3 is 0 Å². The topological polar surface area (TPSA) is 127 Å². The largest absolute Gasteiger partial charge is 0.495 e. The number of nitrogens with zero attached hydrogens (tertiary/aromatic N) is 1. The zero-order valence-corrected chi connectivity index (χ0v) is 16.5. The van der Waals surface area contributed by atoms with Gasteiger partial charge in [0.1, 0.15) is 22.8 Å². The molecule has 1 aliphatic heterocycles. The average molecular weight is 458 g/mol. The van der Waals surface area contributed by atoms with E-state index in [9.17, 15) is 18.3 Å². The van der Waals surface area contributed by atoms with E-state index in [1.54, 1.807) is 6.07 Å². The lowest BCUT2D eigenvalue weighted by molar-refractivity contribution is 0.0914. The Bertz CT molecular complexity index is 982. The molecule has 11 heteroatoms. The average Bonchev–Trinajstić information content (AvgIpc) is 2.80. The molecule has 0 saturated heterocycles. The van der Waals surface area contributed by atoms with E-state index in [1.165, 1.54) is 31.5 Å². The molecule has 3 rings (SSSR count). The van der Waals surface area contributed by atoms with Gasteiger partial charge in [-0.3, -0.25) is 9.52 Å². The van der Waals surface area contributed by atoms with Crippen molar-refractivity contribution in [3.8, 4) is 11.6 Å². The van der Waals surface area contributed by atoms with Crippen molar-refractivity contribution in [2.75, 3.05) is 25.0 Å². The SMILES string of the molecule is COc1ccc(Br)cc1S(=O)(=O)Nc1cnc2c(c1)C(=O)N[C@@H](CO)CO2. The second kappa shape index (κ2) is 7.71. The highest BCUT2D eigenvalue weighted by Gasteiger charge is 2.25.